The standard InChI is InChI=1S/C16H23N.C15H21N.2C14H19N.C13H18N2/c1-15(2,3)12-8-7-11-9-14(16(4,5)6)17-13(11)10-12;1-10(2)13-8-11-6-7-12(15(3,4)5)9-14(11)16-13;2*1-9(2)11-5-6-12-8-13(10(3)4)15-14(12)7-11;1-8(2)10-5-6-11-12(7-10)15-13(14-11)9(3)4/h7-8,10H,9H2,1-6H3;6-7,9-10H,8H2,1-5H3;2*5-10,15H,1-4H3;5-9H,1-4H3,(H,14,15). The van der Waals surface area contributed by atoms with Crippen LogP contribution in [0.5, 0.6) is 0 Å². The Kier molecular flexibility index (Phi) is 19.6. The van der Waals surface area contributed by atoms with Crippen LogP contribution in [-0.2, 0) is 23.7 Å². The summed E-state index contributed by atoms with van der Waals surface area (Å²) in [4.78, 5) is 24.5. The molecule has 0 spiro atoms. The molecule has 0 unspecified atom stereocenters. The van der Waals surface area contributed by atoms with Gasteiger partial charge in [0.25, 0.3) is 0 Å². The van der Waals surface area contributed by atoms with Crippen molar-refractivity contribution >= 4 is 55.6 Å². The van der Waals surface area contributed by atoms with Crippen molar-refractivity contribution < 1.29 is 0 Å². The summed E-state index contributed by atoms with van der Waals surface area (Å²) in [6, 6.07) is 37.9. The quantitative estimate of drug-likeness (QED) is 0.146. The number of aromatic amines is 3. The summed E-state index contributed by atoms with van der Waals surface area (Å²) in [6.07, 6.45) is 2.06. The van der Waals surface area contributed by atoms with E-state index in [1.807, 2.05) is 0 Å². The van der Waals surface area contributed by atoms with Crippen LogP contribution in [0.1, 0.15) is 251 Å². The van der Waals surface area contributed by atoms with Crippen molar-refractivity contribution in [1.29, 1.82) is 0 Å². The summed E-state index contributed by atoms with van der Waals surface area (Å²) < 4.78 is 0. The van der Waals surface area contributed by atoms with Gasteiger partial charge in [0.2, 0.25) is 0 Å². The van der Waals surface area contributed by atoms with Crippen LogP contribution >= 0.6 is 0 Å². The molecule has 0 saturated heterocycles. The van der Waals surface area contributed by atoms with E-state index in [9.17, 15) is 0 Å². The Hall–Kier alpha value is -6.01. The highest BCUT2D eigenvalue weighted by atomic mass is 14.9. The predicted molar refractivity (Wildman–Crippen MR) is 343 cm³/mol. The van der Waals surface area contributed by atoms with Crippen LogP contribution in [0.25, 0.3) is 32.8 Å². The van der Waals surface area contributed by atoms with Crippen molar-refractivity contribution in [2.75, 3.05) is 0 Å². The fraction of sp³-hybridized carbons (Fsp3) is 0.486. The van der Waals surface area contributed by atoms with Crippen molar-refractivity contribution in [3.63, 3.8) is 0 Å². The second-order valence-corrected chi connectivity index (χ2v) is 27.6. The van der Waals surface area contributed by atoms with Gasteiger partial charge in [-0.15, -0.1) is 0 Å². The van der Waals surface area contributed by atoms with Gasteiger partial charge in [-0.3, -0.25) is 9.98 Å². The Bertz CT molecular complexity index is 3100. The van der Waals surface area contributed by atoms with Gasteiger partial charge in [-0.2, -0.15) is 0 Å². The maximum Gasteiger partial charge on any atom is 0.109 e. The first-order valence-electron chi connectivity index (χ1n) is 29.5. The first-order valence-corrected chi connectivity index (χ1v) is 29.5. The third-order valence-electron chi connectivity index (χ3n) is 15.3. The summed E-state index contributed by atoms with van der Waals surface area (Å²) in [5, 5.41) is 2.64. The van der Waals surface area contributed by atoms with Crippen molar-refractivity contribution in [3.8, 4) is 0 Å². The minimum Gasteiger partial charge on any atom is -0.358 e. The number of nitrogens with one attached hydrogen (secondary N) is 3. The van der Waals surface area contributed by atoms with E-state index in [-0.39, 0.29) is 16.2 Å². The van der Waals surface area contributed by atoms with Crippen molar-refractivity contribution in [2.24, 2.45) is 21.3 Å². The van der Waals surface area contributed by atoms with Crippen molar-refractivity contribution in [3.05, 3.63) is 159 Å². The van der Waals surface area contributed by atoms with Gasteiger partial charge in [-0.05, 0) is 145 Å². The molecule has 0 saturated carbocycles. The summed E-state index contributed by atoms with van der Waals surface area (Å²) in [5.74, 6) is 5.00. The number of rotatable bonds is 7. The fourth-order valence-electron chi connectivity index (χ4n) is 9.44. The van der Waals surface area contributed by atoms with Crippen LogP contribution in [0, 0.1) is 11.3 Å². The molecular formula is C72H100N6. The molecule has 3 N–H and O–H groups in total. The van der Waals surface area contributed by atoms with Gasteiger partial charge in [0, 0.05) is 58.0 Å². The number of benzene rings is 5. The smallest absolute Gasteiger partial charge is 0.109 e. The van der Waals surface area contributed by atoms with E-state index >= 15 is 0 Å². The SMILES string of the molecule is CC(C)(C)C1=Nc2cc(C(C)(C)C)ccc2C1.CC(C)C1=Nc2cc(C(C)(C)C)ccc2C1.CC(C)c1ccc2cc(C(C)C)[nH]c2c1.CC(C)c1ccc2cc(C(C)C)[nH]c2c1.CC(C)c1ccc2nc(C(C)C)[nH]c2c1. The monoisotopic (exact) mass is 1050 g/mol. The zero-order valence-corrected chi connectivity index (χ0v) is 52.6. The molecule has 5 aromatic carbocycles. The molecule has 78 heavy (non-hydrogen) atoms. The van der Waals surface area contributed by atoms with Crippen LogP contribution < -0.4 is 0 Å². The highest BCUT2D eigenvalue weighted by Crippen LogP contribution is 2.37. The van der Waals surface area contributed by atoms with Gasteiger partial charge in [0.1, 0.15) is 5.82 Å². The number of hydrogen-bond donors (Lipinski definition) is 3. The normalized spacial score (nSPS) is 13.4. The Balaban J connectivity index is 0.000000158. The van der Waals surface area contributed by atoms with E-state index in [0.29, 0.717) is 41.4 Å². The largest absolute Gasteiger partial charge is 0.358 e. The number of fused-ring (bicyclic) bond motifs is 5. The van der Waals surface area contributed by atoms with Crippen LogP contribution in [0.15, 0.2) is 113 Å². The Morgan fingerprint density at radius 2 is 0.795 bits per heavy atom. The van der Waals surface area contributed by atoms with E-state index < -0.39 is 0 Å². The average Bonchev–Trinajstić information content (AvgIpc) is 4.22. The molecule has 0 aliphatic carbocycles. The highest BCUT2D eigenvalue weighted by Gasteiger charge is 2.26. The van der Waals surface area contributed by atoms with Crippen molar-refractivity contribution in [1.82, 2.24) is 19.9 Å². The highest BCUT2D eigenvalue weighted by molar-refractivity contribution is 5.97. The number of aliphatic imine (C=N–C) groups is 2. The van der Waals surface area contributed by atoms with E-state index in [4.69, 9.17) is 9.98 Å². The molecule has 0 fully saturated rings. The van der Waals surface area contributed by atoms with E-state index in [1.54, 1.807) is 0 Å². The van der Waals surface area contributed by atoms with Gasteiger partial charge in [0.05, 0.1) is 22.4 Å². The molecule has 2 aliphatic rings. The number of H-pyrrole nitrogens is 3. The lowest BCUT2D eigenvalue weighted by atomic mass is 9.85. The van der Waals surface area contributed by atoms with E-state index in [1.165, 1.54) is 94.9 Å². The lowest BCUT2D eigenvalue weighted by Crippen LogP contribution is -2.19. The molecule has 3 aromatic heterocycles. The maximum atomic E-state index is 4.81. The van der Waals surface area contributed by atoms with Crippen LogP contribution in [0.4, 0.5) is 11.4 Å². The molecule has 5 heterocycles. The molecule has 0 amide bonds. The first-order chi connectivity index (χ1) is 36.3. The maximum absolute atomic E-state index is 4.81. The predicted octanol–water partition coefficient (Wildman–Crippen LogP) is 21.6. The Morgan fingerprint density at radius 3 is 1.19 bits per heavy atom. The zero-order chi connectivity index (χ0) is 57.8. The summed E-state index contributed by atoms with van der Waals surface area (Å²) in [5.41, 5.74) is 22.7. The molecule has 0 bridgehead atoms. The minimum absolute atomic E-state index is 0.181. The van der Waals surface area contributed by atoms with Gasteiger partial charge in [-0.25, -0.2) is 4.98 Å². The van der Waals surface area contributed by atoms with Crippen LogP contribution in [0.3, 0.4) is 0 Å². The Labute approximate surface area is 472 Å². The van der Waals surface area contributed by atoms with Gasteiger partial charge < -0.3 is 15.0 Å². The lowest BCUT2D eigenvalue weighted by Gasteiger charge is -2.19. The van der Waals surface area contributed by atoms with E-state index in [2.05, 4.69) is 282 Å². The molecule has 0 atom stereocenters. The summed E-state index contributed by atoms with van der Waals surface area (Å²) >= 11 is 0. The minimum atomic E-state index is 0.181. The second kappa shape index (κ2) is 25.0. The third-order valence-corrected chi connectivity index (χ3v) is 15.3. The third kappa shape index (κ3) is 15.8. The second-order valence-electron chi connectivity index (χ2n) is 27.6. The summed E-state index contributed by atoms with van der Waals surface area (Å²) in [6.45, 7) is 51.1. The molecule has 418 valence electrons. The first kappa shape index (κ1) is 61.2. The molecular weight excluding hydrogens is 949 g/mol. The van der Waals surface area contributed by atoms with Gasteiger partial charge in [0.15, 0.2) is 0 Å². The number of aromatic nitrogens is 4. The topological polar surface area (TPSA) is 85.0 Å². The van der Waals surface area contributed by atoms with Crippen molar-refractivity contribution in [2.45, 2.75) is 218 Å². The zero-order valence-electron chi connectivity index (χ0n) is 52.6. The molecule has 2 aliphatic heterocycles. The van der Waals surface area contributed by atoms with E-state index in [0.717, 1.165) is 29.7 Å². The lowest BCUT2D eigenvalue weighted by molar-refractivity contribution is 0.584. The Morgan fingerprint density at radius 1 is 0.372 bits per heavy atom. The van der Waals surface area contributed by atoms with Gasteiger partial charge in [-0.1, -0.05) is 214 Å². The molecule has 10 rings (SSSR count). The molecule has 6 heteroatoms. The number of imidazole rings is 1. The number of hydrogen-bond acceptors (Lipinski definition) is 3. The van der Waals surface area contributed by atoms with Crippen LogP contribution in [0.2, 0.25) is 0 Å². The van der Waals surface area contributed by atoms with Gasteiger partial charge >= 0.3 is 0 Å². The fourth-order valence-corrected chi connectivity index (χ4v) is 9.44. The average molecular weight is 1050 g/mol. The molecule has 0 radical (unpaired) electrons. The molecule has 8 aromatic rings. The summed E-state index contributed by atoms with van der Waals surface area (Å²) in [7, 11) is 0. The number of nitrogens with zero attached hydrogens (tertiary/aromatic N) is 3. The molecule has 6 nitrogen and oxygen atoms in total. The van der Waals surface area contributed by atoms with Crippen LogP contribution in [-0.4, -0.2) is 31.4 Å².